The Kier molecular flexibility index (Phi) is 6.08. The van der Waals surface area contributed by atoms with Crippen LogP contribution in [0.2, 0.25) is 0 Å². The molecule has 110 valence electrons. The third-order valence-electron chi connectivity index (χ3n) is 3.82. The Morgan fingerprint density at radius 1 is 0.810 bits per heavy atom. The Labute approximate surface area is 128 Å². The van der Waals surface area contributed by atoms with Crippen LogP contribution in [0.5, 0.6) is 0 Å². The van der Waals surface area contributed by atoms with Gasteiger partial charge in [0.15, 0.2) is 0 Å². The summed E-state index contributed by atoms with van der Waals surface area (Å²) in [5, 5.41) is 3.09. The van der Waals surface area contributed by atoms with Crippen molar-refractivity contribution in [2.24, 2.45) is 0 Å². The third-order valence-corrected chi connectivity index (χ3v) is 3.82. The maximum Gasteiger partial charge on any atom is 0.0117 e. The smallest absolute Gasteiger partial charge is 0.0117 e. The van der Waals surface area contributed by atoms with Gasteiger partial charge in [0, 0.05) is 19.2 Å². The normalized spacial score (nSPS) is 10.3. The average Bonchev–Trinajstić information content (AvgIpc) is 2.54. The van der Waals surface area contributed by atoms with Crippen molar-refractivity contribution in [2.75, 3.05) is 7.05 Å². The molecule has 0 radical (unpaired) electrons. The summed E-state index contributed by atoms with van der Waals surface area (Å²) in [6.45, 7) is 3.97. The highest BCUT2D eigenvalue weighted by molar-refractivity contribution is 5.25. The summed E-state index contributed by atoms with van der Waals surface area (Å²) in [6.07, 6.45) is 5.76. The lowest BCUT2D eigenvalue weighted by atomic mass is 10.0. The molecule has 0 aliphatic heterocycles. The molecule has 0 aromatic heterocycles. The Morgan fingerprint density at radius 2 is 1.33 bits per heavy atom. The number of aryl methyl sites for hydroxylation is 2. The quantitative estimate of drug-likeness (QED) is 0.700. The molecule has 0 saturated carbocycles. The summed E-state index contributed by atoms with van der Waals surface area (Å²) in [5.74, 6) is 0. The largest absolute Gasteiger partial charge is 0.392 e. The van der Waals surface area contributed by atoms with Crippen molar-refractivity contribution in [3.05, 3.63) is 83.6 Å². The molecule has 1 nitrogen and oxygen atoms in total. The summed E-state index contributed by atoms with van der Waals surface area (Å²) >= 11 is 0. The first-order valence-electron chi connectivity index (χ1n) is 7.75. The molecule has 0 aliphatic rings. The highest BCUT2D eigenvalue weighted by Gasteiger charge is 1.98. The summed E-state index contributed by atoms with van der Waals surface area (Å²) in [7, 11) is 1.92. The zero-order valence-electron chi connectivity index (χ0n) is 12.9. The highest BCUT2D eigenvalue weighted by atomic mass is 14.8. The minimum Gasteiger partial charge on any atom is -0.392 e. The number of hydrogen-bond donors (Lipinski definition) is 1. The van der Waals surface area contributed by atoms with Crippen LogP contribution < -0.4 is 5.32 Å². The van der Waals surface area contributed by atoms with Crippen molar-refractivity contribution in [1.29, 1.82) is 0 Å². The van der Waals surface area contributed by atoms with Crippen LogP contribution in [0, 0.1) is 0 Å². The summed E-state index contributed by atoms with van der Waals surface area (Å²) in [5.41, 5.74) is 5.26. The van der Waals surface area contributed by atoms with Crippen molar-refractivity contribution >= 4 is 0 Å². The lowest BCUT2D eigenvalue weighted by Crippen LogP contribution is -2.06. The van der Waals surface area contributed by atoms with E-state index in [1.807, 2.05) is 7.05 Å². The lowest BCUT2D eigenvalue weighted by molar-refractivity contribution is 0.734. The van der Waals surface area contributed by atoms with Gasteiger partial charge in [0.05, 0.1) is 0 Å². The molecule has 0 atom stereocenters. The van der Waals surface area contributed by atoms with Gasteiger partial charge in [-0.1, -0.05) is 61.2 Å². The van der Waals surface area contributed by atoms with Crippen molar-refractivity contribution in [3.8, 4) is 0 Å². The first kappa shape index (κ1) is 15.4. The Morgan fingerprint density at radius 3 is 1.90 bits per heavy atom. The van der Waals surface area contributed by atoms with E-state index in [-0.39, 0.29) is 0 Å². The second kappa shape index (κ2) is 8.31. The van der Waals surface area contributed by atoms with Gasteiger partial charge in [0.2, 0.25) is 0 Å². The Hall–Kier alpha value is -2.02. The monoisotopic (exact) mass is 279 g/mol. The van der Waals surface area contributed by atoms with E-state index in [9.17, 15) is 0 Å². The molecule has 21 heavy (non-hydrogen) atoms. The highest BCUT2D eigenvalue weighted by Crippen LogP contribution is 2.12. The summed E-state index contributed by atoms with van der Waals surface area (Å²) in [6, 6.07) is 19.7. The molecule has 2 aromatic rings. The van der Waals surface area contributed by atoms with Crippen LogP contribution in [-0.4, -0.2) is 7.05 Å². The maximum absolute atomic E-state index is 3.97. The van der Waals surface area contributed by atoms with Crippen LogP contribution in [-0.2, 0) is 19.3 Å². The molecule has 0 unspecified atom stereocenters. The van der Waals surface area contributed by atoms with Gasteiger partial charge < -0.3 is 5.32 Å². The van der Waals surface area contributed by atoms with Gasteiger partial charge in [-0.05, 0) is 42.4 Å². The van der Waals surface area contributed by atoms with Crippen LogP contribution in [0.3, 0.4) is 0 Å². The molecule has 0 spiro atoms. The van der Waals surface area contributed by atoms with Crippen LogP contribution in [0.4, 0.5) is 0 Å². The molecule has 0 aliphatic carbocycles. The number of nitrogens with one attached hydrogen (secondary N) is 1. The van der Waals surface area contributed by atoms with Gasteiger partial charge in [-0.25, -0.2) is 0 Å². The molecule has 0 saturated heterocycles. The lowest BCUT2D eigenvalue weighted by Gasteiger charge is -2.07. The van der Waals surface area contributed by atoms with E-state index >= 15 is 0 Å². The van der Waals surface area contributed by atoms with Gasteiger partial charge in [0.1, 0.15) is 0 Å². The zero-order chi connectivity index (χ0) is 14.9. The Bertz CT molecular complexity index is 540. The number of unbranched alkanes of at least 4 members (excludes halogenated alkanes) is 1. The second-order valence-electron chi connectivity index (χ2n) is 5.54. The molecular formula is C20H25N. The molecule has 0 bridgehead atoms. The van der Waals surface area contributed by atoms with E-state index < -0.39 is 0 Å². The topological polar surface area (TPSA) is 12.0 Å². The van der Waals surface area contributed by atoms with Gasteiger partial charge >= 0.3 is 0 Å². The van der Waals surface area contributed by atoms with Crippen molar-refractivity contribution in [3.63, 3.8) is 0 Å². The average molecular weight is 279 g/mol. The molecule has 2 rings (SSSR count). The molecule has 1 N–H and O–H groups in total. The van der Waals surface area contributed by atoms with Gasteiger partial charge in [-0.15, -0.1) is 0 Å². The molecule has 0 fully saturated rings. The van der Waals surface area contributed by atoms with E-state index in [2.05, 4.69) is 66.5 Å². The molecule has 0 heterocycles. The zero-order valence-corrected chi connectivity index (χ0v) is 12.9. The number of allylic oxidation sites excluding steroid dienone is 1. The van der Waals surface area contributed by atoms with Crippen LogP contribution in [0.1, 0.15) is 29.5 Å². The maximum atomic E-state index is 3.97. The molecular weight excluding hydrogens is 254 g/mol. The predicted molar refractivity (Wildman–Crippen MR) is 91.4 cm³/mol. The fraction of sp³-hybridized carbons (Fsp3) is 0.300. The second-order valence-corrected chi connectivity index (χ2v) is 5.54. The van der Waals surface area contributed by atoms with E-state index in [4.69, 9.17) is 0 Å². The Balaban J connectivity index is 1.72. The van der Waals surface area contributed by atoms with Gasteiger partial charge in [-0.3, -0.25) is 0 Å². The van der Waals surface area contributed by atoms with Crippen molar-refractivity contribution < 1.29 is 0 Å². The minimum absolute atomic E-state index is 0.908. The van der Waals surface area contributed by atoms with Crippen LogP contribution >= 0.6 is 0 Å². The number of hydrogen-bond acceptors (Lipinski definition) is 1. The SMILES string of the molecule is C=C(Cc1ccc(CCCCc2ccccc2)cc1)NC. The van der Waals surface area contributed by atoms with Gasteiger partial charge in [-0.2, -0.15) is 0 Å². The standard InChI is InChI=1S/C20H25N/c1-17(21-2)16-20-14-12-19(13-15-20)11-7-6-10-18-8-4-3-5-9-18/h3-5,8-9,12-15,21H,1,6-7,10-11,16H2,2H3. The number of likely N-dealkylation sites (N-methyl/N-ethyl adjacent to an activating group) is 1. The molecule has 0 amide bonds. The van der Waals surface area contributed by atoms with Crippen LogP contribution in [0.25, 0.3) is 0 Å². The van der Waals surface area contributed by atoms with E-state index in [1.54, 1.807) is 0 Å². The fourth-order valence-corrected chi connectivity index (χ4v) is 2.46. The van der Waals surface area contributed by atoms with E-state index in [1.165, 1.54) is 42.4 Å². The number of benzene rings is 2. The summed E-state index contributed by atoms with van der Waals surface area (Å²) in [4.78, 5) is 0. The third kappa shape index (κ3) is 5.47. The first-order chi connectivity index (χ1) is 10.3. The van der Waals surface area contributed by atoms with Crippen molar-refractivity contribution in [2.45, 2.75) is 32.1 Å². The van der Waals surface area contributed by atoms with Crippen LogP contribution in [0.15, 0.2) is 66.9 Å². The minimum atomic E-state index is 0.908. The summed E-state index contributed by atoms with van der Waals surface area (Å²) < 4.78 is 0. The van der Waals surface area contributed by atoms with E-state index in [0.717, 1.165) is 12.1 Å². The number of rotatable bonds is 8. The van der Waals surface area contributed by atoms with Crippen molar-refractivity contribution in [1.82, 2.24) is 5.32 Å². The molecule has 1 heteroatoms. The molecule has 2 aromatic carbocycles. The predicted octanol–water partition coefficient (Wildman–Crippen LogP) is 4.53. The first-order valence-corrected chi connectivity index (χ1v) is 7.75. The van der Waals surface area contributed by atoms with Gasteiger partial charge in [0.25, 0.3) is 0 Å². The van der Waals surface area contributed by atoms with E-state index in [0.29, 0.717) is 0 Å². The fourth-order valence-electron chi connectivity index (χ4n) is 2.46.